The Labute approximate surface area is 294 Å². The minimum Gasteiger partial charge on any atom is -0.545 e. The molecule has 1 atom stereocenters. The third-order valence-corrected chi connectivity index (χ3v) is 7.78. The lowest BCUT2D eigenvalue weighted by atomic mass is 9.98. The van der Waals surface area contributed by atoms with Crippen molar-refractivity contribution in [2.24, 2.45) is 0 Å². The molecule has 3 rings (SSSR count). The number of halogens is 4. The van der Waals surface area contributed by atoms with E-state index in [1.54, 1.807) is 19.1 Å². The van der Waals surface area contributed by atoms with Crippen molar-refractivity contribution < 1.29 is 60.7 Å². The molecular formula is C38H43F4O9-. The summed E-state index contributed by atoms with van der Waals surface area (Å²) in [7, 11) is 0. The second-order valence-electron chi connectivity index (χ2n) is 11.7. The van der Waals surface area contributed by atoms with E-state index in [0.29, 0.717) is 38.4 Å². The number of hydrogen-bond donors (Lipinski definition) is 0. The van der Waals surface area contributed by atoms with Crippen molar-refractivity contribution >= 4 is 18.1 Å². The van der Waals surface area contributed by atoms with Gasteiger partial charge >= 0.3 is 18.3 Å². The highest BCUT2D eigenvalue weighted by molar-refractivity contribution is 5.96. The van der Waals surface area contributed by atoms with Crippen LogP contribution >= 0.6 is 0 Å². The summed E-state index contributed by atoms with van der Waals surface area (Å²) in [5.41, 5.74) is -1.45. The molecule has 9 nitrogen and oxygen atoms in total. The normalized spacial score (nSPS) is 11.9. The number of unbranched alkanes of at least 4 members (excludes halogenated alkanes) is 7. The number of carbonyl (C=O) groups excluding carboxylic acids is 3. The van der Waals surface area contributed by atoms with Crippen LogP contribution in [0.25, 0.3) is 11.1 Å². The van der Waals surface area contributed by atoms with Gasteiger partial charge < -0.3 is 33.6 Å². The molecule has 0 fully saturated rings. The maximum absolute atomic E-state index is 15.1. The molecule has 3 aromatic rings. The Balaban J connectivity index is 1.64. The topological polar surface area (TPSA) is 120 Å². The van der Waals surface area contributed by atoms with Gasteiger partial charge in [-0.1, -0.05) is 51.5 Å². The second kappa shape index (κ2) is 20.9. The average Bonchev–Trinajstić information content (AvgIpc) is 3.08. The van der Waals surface area contributed by atoms with Gasteiger partial charge in [-0.15, -0.1) is 0 Å². The predicted octanol–water partition coefficient (Wildman–Crippen LogP) is 8.86. The molecule has 0 spiro atoms. The number of alkyl halides is 3. The van der Waals surface area contributed by atoms with Gasteiger partial charge in [-0.05, 0) is 98.3 Å². The average molecular weight is 720 g/mol. The first kappa shape index (κ1) is 40.8. The Morgan fingerprint density at radius 2 is 1.33 bits per heavy atom. The molecule has 0 aromatic heterocycles. The lowest BCUT2D eigenvalue weighted by Crippen LogP contribution is -2.34. The van der Waals surface area contributed by atoms with Crippen molar-refractivity contribution in [3.8, 4) is 28.4 Å². The number of carbonyl (C=O) groups is 3. The van der Waals surface area contributed by atoms with E-state index < -0.39 is 53.7 Å². The van der Waals surface area contributed by atoms with Crippen LogP contribution in [-0.2, 0) is 9.47 Å². The lowest BCUT2D eigenvalue weighted by Gasteiger charge is -2.21. The summed E-state index contributed by atoms with van der Waals surface area (Å²) in [6.45, 7) is 5.41. The van der Waals surface area contributed by atoms with Gasteiger partial charge in [-0.25, -0.2) is 14.0 Å². The van der Waals surface area contributed by atoms with Crippen LogP contribution in [-0.4, -0.2) is 50.2 Å². The molecule has 13 heteroatoms. The molecule has 3 aromatic carbocycles. The van der Waals surface area contributed by atoms with Crippen LogP contribution < -0.4 is 19.3 Å². The van der Waals surface area contributed by atoms with Crippen molar-refractivity contribution in [3.05, 3.63) is 77.6 Å². The van der Waals surface area contributed by atoms with Gasteiger partial charge in [0.1, 0.15) is 23.1 Å². The highest BCUT2D eigenvalue weighted by Crippen LogP contribution is 2.32. The minimum absolute atomic E-state index is 0.0970. The molecule has 51 heavy (non-hydrogen) atoms. The lowest BCUT2D eigenvalue weighted by molar-refractivity contribution is -0.254. The van der Waals surface area contributed by atoms with Crippen molar-refractivity contribution in [1.29, 1.82) is 0 Å². The highest BCUT2D eigenvalue weighted by Gasteiger charge is 2.42. The zero-order valence-electron chi connectivity index (χ0n) is 28.7. The molecule has 0 saturated carbocycles. The summed E-state index contributed by atoms with van der Waals surface area (Å²) in [4.78, 5) is 36.9. The monoisotopic (exact) mass is 719 g/mol. The maximum Gasteiger partial charge on any atom is 0.519 e. The van der Waals surface area contributed by atoms with E-state index in [1.807, 2.05) is 0 Å². The van der Waals surface area contributed by atoms with Crippen LogP contribution in [0.2, 0.25) is 0 Å². The Morgan fingerprint density at radius 1 is 0.725 bits per heavy atom. The molecule has 0 aliphatic heterocycles. The number of rotatable bonds is 21. The van der Waals surface area contributed by atoms with Gasteiger partial charge in [0.25, 0.3) is 0 Å². The van der Waals surface area contributed by atoms with E-state index in [-0.39, 0.29) is 29.0 Å². The third kappa shape index (κ3) is 13.9. The number of ether oxygens (including phenoxy) is 5. The first-order valence-electron chi connectivity index (χ1n) is 17.1. The molecule has 0 N–H and O–H groups in total. The summed E-state index contributed by atoms with van der Waals surface area (Å²) >= 11 is 0. The van der Waals surface area contributed by atoms with Gasteiger partial charge in [-0.3, -0.25) is 0 Å². The van der Waals surface area contributed by atoms with Crippen molar-refractivity contribution in [2.45, 2.75) is 90.3 Å². The van der Waals surface area contributed by atoms with Crippen LogP contribution in [0, 0.1) is 5.82 Å². The first-order chi connectivity index (χ1) is 24.4. The van der Waals surface area contributed by atoms with Gasteiger partial charge in [0.05, 0.1) is 18.1 Å². The highest BCUT2D eigenvalue weighted by atomic mass is 19.4. The zero-order chi connectivity index (χ0) is 37.2. The molecule has 0 unspecified atom stereocenters. The van der Waals surface area contributed by atoms with E-state index in [0.717, 1.165) is 55.7 Å². The molecule has 0 bridgehead atoms. The van der Waals surface area contributed by atoms with Gasteiger partial charge in [0, 0.05) is 18.8 Å². The van der Waals surface area contributed by atoms with E-state index in [4.69, 9.17) is 18.9 Å². The summed E-state index contributed by atoms with van der Waals surface area (Å²) in [6, 6.07) is 12.4. The summed E-state index contributed by atoms with van der Waals surface area (Å²) < 4.78 is 81.8. The molecule has 0 radical (unpaired) electrons. The molecule has 0 heterocycles. The molecular weight excluding hydrogens is 676 g/mol. The fraction of sp³-hybridized carbons (Fsp3) is 0.447. The van der Waals surface area contributed by atoms with Crippen LogP contribution in [0.15, 0.2) is 60.7 Å². The molecule has 278 valence electrons. The summed E-state index contributed by atoms with van der Waals surface area (Å²) in [6.07, 6.45) is -1.15. The second-order valence-corrected chi connectivity index (χ2v) is 11.7. The number of esters is 1. The first-order valence-corrected chi connectivity index (χ1v) is 17.1. The Hall–Kier alpha value is -4.65. The Morgan fingerprint density at radius 3 is 2.00 bits per heavy atom. The smallest absolute Gasteiger partial charge is 0.519 e. The molecule has 0 aliphatic rings. The Kier molecular flexibility index (Phi) is 16.7. The minimum atomic E-state index is -4.87. The summed E-state index contributed by atoms with van der Waals surface area (Å²) in [5, 5.41) is 11.8. The van der Waals surface area contributed by atoms with Crippen LogP contribution in [0.5, 0.6) is 17.2 Å². The standard InChI is InChI=1S/C38H44F4O9/c1-3-5-6-7-8-12-23-48-27-15-17-28(18-16-27)49-37(46)50-29-19-21-30(35(43)44)32(25-29)26-14-20-31(33(39)24-26)36(45)51-34(38(40,41)42)13-10-9-11-22-47-4-2/h14-21,24-25,34H,3-13,22-23H2,1-2H3,(H,43,44)/p-1/t34-/m1/s1. The van der Waals surface area contributed by atoms with Crippen LogP contribution in [0.3, 0.4) is 0 Å². The van der Waals surface area contributed by atoms with Gasteiger partial charge in [0.2, 0.25) is 0 Å². The molecule has 0 saturated heterocycles. The van der Waals surface area contributed by atoms with E-state index in [9.17, 15) is 32.7 Å². The number of aromatic carboxylic acids is 1. The quantitative estimate of drug-likeness (QED) is 0.0460. The SMILES string of the molecule is CCCCCCCCOc1ccc(OC(=O)Oc2ccc(C(=O)[O-])c(-c3ccc(C(=O)O[C@H](CCCCCOCC)C(F)(F)F)c(F)c3)c2)cc1. The summed E-state index contributed by atoms with van der Waals surface area (Å²) in [5.74, 6) is -3.86. The van der Waals surface area contributed by atoms with E-state index in [2.05, 4.69) is 11.7 Å². The maximum atomic E-state index is 15.1. The Bertz CT molecular complexity index is 1560. The van der Waals surface area contributed by atoms with Crippen molar-refractivity contribution in [3.63, 3.8) is 0 Å². The number of hydrogen-bond acceptors (Lipinski definition) is 9. The number of carboxylic acid groups (broad SMARTS) is 1. The van der Waals surface area contributed by atoms with Gasteiger partial charge in [0.15, 0.2) is 6.10 Å². The van der Waals surface area contributed by atoms with Crippen LogP contribution in [0.4, 0.5) is 22.4 Å². The van der Waals surface area contributed by atoms with Crippen molar-refractivity contribution in [1.82, 2.24) is 0 Å². The van der Waals surface area contributed by atoms with Crippen molar-refractivity contribution in [2.75, 3.05) is 19.8 Å². The van der Waals surface area contributed by atoms with Crippen LogP contribution in [0.1, 0.15) is 98.8 Å². The fourth-order valence-electron chi connectivity index (χ4n) is 5.08. The number of carboxylic acids is 1. The zero-order valence-corrected chi connectivity index (χ0v) is 28.7. The van der Waals surface area contributed by atoms with E-state index in [1.165, 1.54) is 31.4 Å². The number of benzene rings is 3. The third-order valence-electron chi connectivity index (χ3n) is 7.78. The molecule has 0 amide bonds. The predicted molar refractivity (Wildman–Crippen MR) is 178 cm³/mol. The fourth-order valence-corrected chi connectivity index (χ4v) is 5.08. The van der Waals surface area contributed by atoms with Gasteiger partial charge in [-0.2, -0.15) is 13.2 Å². The largest absolute Gasteiger partial charge is 0.545 e. The van der Waals surface area contributed by atoms with E-state index >= 15 is 4.39 Å². The molecule has 0 aliphatic carbocycles.